The summed E-state index contributed by atoms with van der Waals surface area (Å²) in [5, 5.41) is 6.16. The first kappa shape index (κ1) is 19.7. The third kappa shape index (κ3) is 5.20. The molecule has 0 saturated carbocycles. The third-order valence-electron chi connectivity index (χ3n) is 3.41. The molecule has 0 radical (unpaired) electrons. The average molecular weight is 383 g/mol. The Morgan fingerprint density at radius 2 is 1.85 bits per heavy atom. The van der Waals surface area contributed by atoms with E-state index in [4.69, 9.17) is 14.0 Å². The van der Waals surface area contributed by atoms with Crippen LogP contribution in [-0.2, 0) is 14.8 Å². The van der Waals surface area contributed by atoms with E-state index in [1.54, 1.807) is 31.4 Å². The van der Waals surface area contributed by atoms with E-state index in [0.29, 0.717) is 5.75 Å². The number of nitrogens with one attached hydrogen (secondary N) is 2. The van der Waals surface area contributed by atoms with E-state index in [2.05, 4.69) is 15.2 Å². The van der Waals surface area contributed by atoms with Crippen molar-refractivity contribution < 1.29 is 27.2 Å². The van der Waals surface area contributed by atoms with E-state index in [1.807, 2.05) is 0 Å². The lowest BCUT2D eigenvalue weighted by molar-refractivity contribution is -0.120. The number of hydrogen-bond acceptors (Lipinski definition) is 7. The van der Waals surface area contributed by atoms with E-state index < -0.39 is 22.5 Å². The molecule has 0 aliphatic carbocycles. The third-order valence-corrected chi connectivity index (χ3v) is 5.06. The van der Waals surface area contributed by atoms with E-state index >= 15 is 0 Å². The molecule has 0 atom stereocenters. The molecule has 0 unspecified atom stereocenters. The maximum atomic E-state index is 12.2. The second-order valence-corrected chi connectivity index (χ2v) is 7.06. The quantitative estimate of drug-likeness (QED) is 0.614. The van der Waals surface area contributed by atoms with Crippen LogP contribution in [0.3, 0.4) is 0 Å². The molecule has 10 heteroatoms. The van der Waals surface area contributed by atoms with E-state index in [9.17, 15) is 13.2 Å². The van der Waals surface area contributed by atoms with Crippen LogP contribution in [0.25, 0.3) is 0 Å². The zero-order valence-electron chi connectivity index (χ0n) is 14.7. The Bertz CT molecular complexity index is 826. The molecular formula is C16H21N3O6S. The van der Waals surface area contributed by atoms with Crippen LogP contribution >= 0.6 is 0 Å². The van der Waals surface area contributed by atoms with Crippen LogP contribution in [0.1, 0.15) is 11.5 Å². The highest BCUT2D eigenvalue weighted by Gasteiger charge is 2.24. The van der Waals surface area contributed by atoms with Gasteiger partial charge in [0, 0.05) is 0 Å². The predicted octanol–water partition coefficient (Wildman–Crippen LogP) is 0.774. The number of sulfonamides is 1. The van der Waals surface area contributed by atoms with Crippen molar-refractivity contribution in [1.29, 1.82) is 0 Å². The number of aryl methyl sites for hydroxylation is 2. The molecule has 142 valence electrons. The van der Waals surface area contributed by atoms with Crippen LogP contribution in [0.2, 0.25) is 0 Å². The van der Waals surface area contributed by atoms with Gasteiger partial charge in [-0.15, -0.1) is 0 Å². The first-order valence-electron chi connectivity index (χ1n) is 7.79. The van der Waals surface area contributed by atoms with Gasteiger partial charge in [0.15, 0.2) is 5.76 Å². The molecule has 26 heavy (non-hydrogen) atoms. The molecule has 0 saturated heterocycles. The van der Waals surface area contributed by atoms with Crippen LogP contribution in [-0.4, -0.2) is 46.3 Å². The largest absolute Gasteiger partial charge is 0.497 e. The Morgan fingerprint density at radius 1 is 1.19 bits per heavy atom. The van der Waals surface area contributed by atoms with Crippen molar-refractivity contribution in [1.82, 2.24) is 15.2 Å². The zero-order chi connectivity index (χ0) is 19.2. The number of rotatable bonds is 9. The van der Waals surface area contributed by atoms with Crippen molar-refractivity contribution in [2.45, 2.75) is 18.7 Å². The fourth-order valence-electron chi connectivity index (χ4n) is 2.18. The van der Waals surface area contributed by atoms with Crippen LogP contribution in [0.4, 0.5) is 0 Å². The Morgan fingerprint density at radius 3 is 2.42 bits per heavy atom. The number of amides is 1. The standard InChI is InChI=1S/C16H21N3O6S/c1-11-16(12(2)25-19-11)26(21,22)18-10-15(20)17-8-9-24-14-6-4-13(23-3)5-7-14/h4-7,18H,8-10H2,1-3H3,(H,17,20). The van der Waals surface area contributed by atoms with Crippen molar-refractivity contribution in [2.75, 3.05) is 26.8 Å². The SMILES string of the molecule is COc1ccc(OCCNC(=O)CNS(=O)(=O)c2c(C)noc2C)cc1. The molecule has 0 fully saturated rings. The minimum absolute atomic E-state index is 0.0480. The van der Waals surface area contributed by atoms with Gasteiger partial charge in [-0.25, -0.2) is 13.1 Å². The summed E-state index contributed by atoms with van der Waals surface area (Å²) < 4.78 is 41.9. The molecule has 1 heterocycles. The van der Waals surface area contributed by atoms with Gasteiger partial charge < -0.3 is 19.3 Å². The first-order valence-corrected chi connectivity index (χ1v) is 9.28. The molecule has 0 bridgehead atoms. The zero-order valence-corrected chi connectivity index (χ0v) is 15.6. The molecule has 1 aromatic carbocycles. The van der Waals surface area contributed by atoms with Crippen LogP contribution in [0.15, 0.2) is 33.7 Å². The summed E-state index contributed by atoms with van der Waals surface area (Å²) in [4.78, 5) is 11.7. The maximum absolute atomic E-state index is 12.2. The molecule has 0 aliphatic rings. The van der Waals surface area contributed by atoms with E-state index in [-0.39, 0.29) is 29.5 Å². The molecule has 0 aliphatic heterocycles. The number of hydrogen-bond donors (Lipinski definition) is 2. The van der Waals surface area contributed by atoms with Crippen LogP contribution in [0.5, 0.6) is 11.5 Å². The lowest BCUT2D eigenvalue weighted by Crippen LogP contribution is -2.38. The molecule has 9 nitrogen and oxygen atoms in total. The Labute approximate surface area is 151 Å². The minimum Gasteiger partial charge on any atom is -0.497 e. The highest BCUT2D eigenvalue weighted by Crippen LogP contribution is 2.18. The highest BCUT2D eigenvalue weighted by atomic mass is 32.2. The number of nitrogens with zero attached hydrogens (tertiary/aromatic N) is 1. The van der Waals surface area contributed by atoms with Gasteiger partial charge in [0.1, 0.15) is 28.7 Å². The number of carbonyl (C=O) groups is 1. The number of aromatic nitrogens is 1. The Hall–Kier alpha value is -2.59. The number of benzene rings is 1. The molecule has 1 amide bonds. The van der Waals surface area contributed by atoms with Crippen molar-refractivity contribution in [3.05, 3.63) is 35.7 Å². The van der Waals surface area contributed by atoms with Gasteiger partial charge in [-0.3, -0.25) is 4.79 Å². The first-order chi connectivity index (χ1) is 12.3. The second-order valence-electron chi connectivity index (χ2n) is 5.35. The van der Waals surface area contributed by atoms with Crippen LogP contribution in [0, 0.1) is 13.8 Å². The smallest absolute Gasteiger partial charge is 0.246 e. The lowest BCUT2D eigenvalue weighted by atomic mass is 10.3. The van der Waals surface area contributed by atoms with Crippen molar-refractivity contribution in [2.24, 2.45) is 0 Å². The van der Waals surface area contributed by atoms with Gasteiger partial charge in [-0.2, -0.15) is 0 Å². The van der Waals surface area contributed by atoms with Crippen molar-refractivity contribution in [3.63, 3.8) is 0 Å². The van der Waals surface area contributed by atoms with Gasteiger partial charge >= 0.3 is 0 Å². The van der Waals surface area contributed by atoms with E-state index in [0.717, 1.165) is 5.75 Å². The fraction of sp³-hybridized carbons (Fsp3) is 0.375. The summed E-state index contributed by atoms with van der Waals surface area (Å²) in [6.07, 6.45) is 0. The topological polar surface area (TPSA) is 120 Å². The average Bonchev–Trinajstić information content (AvgIpc) is 2.97. The van der Waals surface area contributed by atoms with Gasteiger partial charge in [0.2, 0.25) is 15.9 Å². The molecular weight excluding hydrogens is 362 g/mol. The normalized spacial score (nSPS) is 11.2. The summed E-state index contributed by atoms with van der Waals surface area (Å²) >= 11 is 0. The molecule has 2 aromatic rings. The number of carbonyl (C=O) groups excluding carboxylic acids is 1. The minimum atomic E-state index is -3.86. The number of ether oxygens (including phenoxy) is 2. The summed E-state index contributed by atoms with van der Waals surface area (Å²) in [7, 11) is -2.29. The Kier molecular flexibility index (Phi) is 6.58. The Balaban J connectivity index is 1.73. The van der Waals surface area contributed by atoms with Gasteiger partial charge in [-0.1, -0.05) is 5.16 Å². The molecule has 2 N–H and O–H groups in total. The van der Waals surface area contributed by atoms with Crippen molar-refractivity contribution in [3.8, 4) is 11.5 Å². The van der Waals surface area contributed by atoms with Crippen LogP contribution < -0.4 is 19.5 Å². The van der Waals surface area contributed by atoms with Gasteiger partial charge in [-0.05, 0) is 38.1 Å². The monoisotopic (exact) mass is 383 g/mol. The second kappa shape index (κ2) is 8.68. The maximum Gasteiger partial charge on any atom is 0.246 e. The lowest BCUT2D eigenvalue weighted by Gasteiger charge is -2.09. The summed E-state index contributed by atoms with van der Waals surface area (Å²) in [5.74, 6) is 1.05. The molecule has 2 rings (SSSR count). The summed E-state index contributed by atoms with van der Waals surface area (Å²) in [6, 6.07) is 7.02. The van der Waals surface area contributed by atoms with Gasteiger partial charge in [0.25, 0.3) is 0 Å². The predicted molar refractivity (Wildman–Crippen MR) is 92.7 cm³/mol. The molecule has 0 spiro atoms. The van der Waals surface area contributed by atoms with E-state index in [1.165, 1.54) is 13.8 Å². The van der Waals surface area contributed by atoms with Gasteiger partial charge in [0.05, 0.1) is 20.2 Å². The summed E-state index contributed by atoms with van der Waals surface area (Å²) in [5.41, 5.74) is 0.239. The molecule has 1 aromatic heterocycles. The van der Waals surface area contributed by atoms with Crippen molar-refractivity contribution >= 4 is 15.9 Å². The number of methoxy groups -OCH3 is 1. The summed E-state index contributed by atoms with van der Waals surface area (Å²) in [6.45, 7) is 3.09. The fourth-order valence-corrected chi connectivity index (χ4v) is 3.49. The highest BCUT2D eigenvalue weighted by molar-refractivity contribution is 7.89.